The first-order valence-electron chi connectivity index (χ1n) is 4.00. The van der Waals surface area contributed by atoms with E-state index in [-0.39, 0.29) is 5.76 Å². The number of carboxylic acid groups (broad SMARTS) is 1. The Morgan fingerprint density at radius 1 is 1.64 bits per heavy atom. The Hall–Kier alpha value is -1.88. The number of nitrogens with zero attached hydrogens (tertiary/aromatic N) is 1. The Morgan fingerprint density at radius 2 is 2.43 bits per heavy atom. The molecule has 5 nitrogen and oxygen atoms in total. The summed E-state index contributed by atoms with van der Waals surface area (Å²) >= 11 is 0. The van der Waals surface area contributed by atoms with Crippen LogP contribution in [0.5, 0.6) is 0 Å². The molecule has 0 radical (unpaired) electrons. The summed E-state index contributed by atoms with van der Waals surface area (Å²) in [6.07, 6.45) is 3.13. The molecule has 0 saturated carbocycles. The zero-order valence-electron chi connectivity index (χ0n) is 7.18. The Balaban J connectivity index is 2.50. The number of hydrogen-bond donors (Lipinski definition) is 2. The summed E-state index contributed by atoms with van der Waals surface area (Å²) in [4.78, 5) is 14.4. The minimum Gasteiger partial charge on any atom is -0.480 e. The quantitative estimate of drug-likeness (QED) is 0.738. The monoisotopic (exact) mass is 192 g/mol. The summed E-state index contributed by atoms with van der Waals surface area (Å²) in [6, 6.07) is 2.22. The van der Waals surface area contributed by atoms with Crippen molar-refractivity contribution in [3.05, 3.63) is 30.3 Å². The molecule has 72 valence electrons. The number of rotatable bonds is 2. The average molecular weight is 192 g/mol. The van der Waals surface area contributed by atoms with Gasteiger partial charge in [-0.2, -0.15) is 0 Å². The van der Waals surface area contributed by atoms with E-state index in [2.05, 4.69) is 4.98 Å². The molecule has 0 fully saturated rings. The maximum Gasteiger partial charge on any atom is 0.328 e. The van der Waals surface area contributed by atoms with Crippen molar-refractivity contribution < 1.29 is 14.3 Å². The zero-order valence-corrected chi connectivity index (χ0v) is 7.18. The van der Waals surface area contributed by atoms with Crippen LogP contribution in [0.15, 0.2) is 28.9 Å². The predicted octanol–water partition coefficient (Wildman–Crippen LogP) is 0.912. The first kappa shape index (κ1) is 8.71. The molecular weight excluding hydrogens is 184 g/mol. The Labute approximate surface area is 79.2 Å². The van der Waals surface area contributed by atoms with E-state index < -0.39 is 12.0 Å². The van der Waals surface area contributed by atoms with Crippen molar-refractivity contribution in [2.24, 2.45) is 5.73 Å². The van der Waals surface area contributed by atoms with Gasteiger partial charge in [0, 0.05) is 11.6 Å². The first-order chi connectivity index (χ1) is 6.68. The summed E-state index contributed by atoms with van der Waals surface area (Å²) < 4.78 is 5.22. The molecule has 0 aliphatic heterocycles. The summed E-state index contributed by atoms with van der Waals surface area (Å²) in [7, 11) is 0. The number of aromatic nitrogens is 1. The molecular formula is C9H8N2O3. The highest BCUT2D eigenvalue weighted by molar-refractivity contribution is 5.80. The van der Waals surface area contributed by atoms with Crippen molar-refractivity contribution >= 4 is 16.9 Å². The van der Waals surface area contributed by atoms with E-state index in [1.54, 1.807) is 18.3 Å². The fourth-order valence-corrected chi connectivity index (χ4v) is 1.18. The molecule has 0 spiro atoms. The van der Waals surface area contributed by atoms with E-state index in [4.69, 9.17) is 15.3 Å². The summed E-state index contributed by atoms with van der Waals surface area (Å²) in [5, 5.41) is 9.46. The van der Waals surface area contributed by atoms with Gasteiger partial charge < -0.3 is 15.3 Å². The molecule has 1 unspecified atom stereocenters. The molecule has 2 aromatic heterocycles. The topological polar surface area (TPSA) is 89.4 Å². The third-order valence-corrected chi connectivity index (χ3v) is 1.91. The second kappa shape index (κ2) is 3.12. The van der Waals surface area contributed by atoms with Crippen molar-refractivity contribution in [2.45, 2.75) is 6.04 Å². The van der Waals surface area contributed by atoms with Gasteiger partial charge in [-0.15, -0.1) is 0 Å². The molecule has 1 atom stereocenters. The van der Waals surface area contributed by atoms with E-state index in [1.165, 1.54) is 6.20 Å². The van der Waals surface area contributed by atoms with Crippen LogP contribution < -0.4 is 5.73 Å². The van der Waals surface area contributed by atoms with Crippen molar-refractivity contribution in [3.63, 3.8) is 0 Å². The van der Waals surface area contributed by atoms with Crippen LogP contribution in [0.3, 0.4) is 0 Å². The van der Waals surface area contributed by atoms with Crippen LogP contribution in [-0.4, -0.2) is 16.1 Å². The molecule has 0 saturated heterocycles. The Bertz CT molecular complexity index is 445. The van der Waals surface area contributed by atoms with Gasteiger partial charge in [0.2, 0.25) is 0 Å². The molecule has 0 bridgehead atoms. The number of fused-ring (bicyclic) bond motifs is 1. The van der Waals surface area contributed by atoms with Gasteiger partial charge >= 0.3 is 5.97 Å². The van der Waals surface area contributed by atoms with Crippen molar-refractivity contribution in [2.75, 3.05) is 0 Å². The van der Waals surface area contributed by atoms with Gasteiger partial charge in [-0.3, -0.25) is 9.78 Å². The van der Waals surface area contributed by atoms with E-state index in [0.29, 0.717) is 5.58 Å². The van der Waals surface area contributed by atoms with Crippen molar-refractivity contribution in [1.82, 2.24) is 4.98 Å². The van der Waals surface area contributed by atoms with E-state index in [1.807, 2.05) is 0 Å². The largest absolute Gasteiger partial charge is 0.480 e. The van der Waals surface area contributed by atoms with Crippen molar-refractivity contribution in [1.29, 1.82) is 0 Å². The minimum atomic E-state index is -1.12. The fourth-order valence-electron chi connectivity index (χ4n) is 1.18. The number of carbonyl (C=O) groups is 1. The molecule has 5 heteroatoms. The maximum atomic E-state index is 10.6. The highest BCUT2D eigenvalue weighted by Gasteiger charge is 2.18. The van der Waals surface area contributed by atoms with Crippen LogP contribution in [0.2, 0.25) is 0 Å². The van der Waals surface area contributed by atoms with Gasteiger partial charge in [0.05, 0.1) is 6.20 Å². The number of nitrogens with two attached hydrogens (primary N) is 1. The smallest absolute Gasteiger partial charge is 0.328 e. The molecule has 2 aromatic rings. The van der Waals surface area contributed by atoms with Crippen LogP contribution in [0.4, 0.5) is 0 Å². The van der Waals surface area contributed by atoms with Gasteiger partial charge in [-0.1, -0.05) is 0 Å². The molecule has 2 heterocycles. The van der Waals surface area contributed by atoms with Crippen LogP contribution in [0.25, 0.3) is 11.0 Å². The van der Waals surface area contributed by atoms with Gasteiger partial charge in [-0.25, -0.2) is 0 Å². The average Bonchev–Trinajstić information content (AvgIpc) is 2.59. The number of pyridine rings is 1. The second-order valence-corrected chi connectivity index (χ2v) is 2.88. The number of aliphatic carboxylic acids is 1. The molecule has 0 aromatic carbocycles. The number of hydrogen-bond acceptors (Lipinski definition) is 4. The summed E-state index contributed by atoms with van der Waals surface area (Å²) in [5.74, 6) is -0.877. The standard InChI is InChI=1S/C9H8N2O3/c10-8(9(12)13)6-3-5-1-2-11-4-7(5)14-6/h1-4,8H,10H2,(H,12,13). The Kier molecular flexibility index (Phi) is 1.94. The normalized spacial score (nSPS) is 12.9. The zero-order chi connectivity index (χ0) is 10.1. The second-order valence-electron chi connectivity index (χ2n) is 2.88. The van der Waals surface area contributed by atoms with E-state index >= 15 is 0 Å². The SMILES string of the molecule is NC(C(=O)O)c1cc2ccncc2o1. The third kappa shape index (κ3) is 1.33. The molecule has 0 aliphatic carbocycles. The Morgan fingerprint density at radius 3 is 3.07 bits per heavy atom. The lowest BCUT2D eigenvalue weighted by Crippen LogP contribution is -2.19. The van der Waals surface area contributed by atoms with Gasteiger partial charge in [0.1, 0.15) is 5.76 Å². The molecule has 14 heavy (non-hydrogen) atoms. The van der Waals surface area contributed by atoms with Gasteiger partial charge in [0.15, 0.2) is 11.6 Å². The maximum absolute atomic E-state index is 10.6. The van der Waals surface area contributed by atoms with Crippen LogP contribution in [0, 0.1) is 0 Å². The molecule has 0 aliphatic rings. The minimum absolute atomic E-state index is 0.237. The first-order valence-corrected chi connectivity index (χ1v) is 4.00. The third-order valence-electron chi connectivity index (χ3n) is 1.91. The fraction of sp³-hybridized carbons (Fsp3) is 0.111. The predicted molar refractivity (Wildman–Crippen MR) is 48.6 cm³/mol. The molecule has 0 amide bonds. The number of furan rings is 1. The van der Waals surface area contributed by atoms with Crippen LogP contribution in [-0.2, 0) is 4.79 Å². The lowest BCUT2D eigenvalue weighted by molar-refractivity contribution is -0.139. The number of carboxylic acids is 1. The summed E-state index contributed by atoms with van der Waals surface area (Å²) in [6.45, 7) is 0. The highest BCUT2D eigenvalue weighted by Crippen LogP contribution is 2.21. The lowest BCUT2D eigenvalue weighted by Gasteiger charge is -1.99. The van der Waals surface area contributed by atoms with Gasteiger partial charge in [-0.05, 0) is 12.1 Å². The van der Waals surface area contributed by atoms with E-state index in [9.17, 15) is 4.79 Å². The molecule has 3 N–H and O–H groups in total. The molecule has 2 rings (SSSR count). The van der Waals surface area contributed by atoms with E-state index in [0.717, 1.165) is 5.39 Å². The van der Waals surface area contributed by atoms with Crippen LogP contribution >= 0.6 is 0 Å². The highest BCUT2D eigenvalue weighted by atomic mass is 16.4. The van der Waals surface area contributed by atoms with Crippen molar-refractivity contribution in [3.8, 4) is 0 Å². The van der Waals surface area contributed by atoms with Gasteiger partial charge in [0.25, 0.3) is 0 Å². The van der Waals surface area contributed by atoms with Crippen LogP contribution in [0.1, 0.15) is 11.8 Å². The summed E-state index contributed by atoms with van der Waals surface area (Å²) in [5.41, 5.74) is 5.93. The lowest BCUT2D eigenvalue weighted by atomic mass is 10.2.